The molecule has 0 bridgehead atoms. The molecule has 2 rings (SSSR count). The highest BCUT2D eigenvalue weighted by Crippen LogP contribution is 2.21. The Hall–Kier alpha value is -1.91. The topological polar surface area (TPSA) is 53.0 Å². The Morgan fingerprint density at radius 3 is 2.59 bits per heavy atom. The molecule has 0 spiro atoms. The van der Waals surface area contributed by atoms with Gasteiger partial charge in [0.15, 0.2) is 0 Å². The van der Waals surface area contributed by atoms with Crippen LogP contribution in [0.4, 0.5) is 10.5 Å². The highest BCUT2D eigenvalue weighted by Gasteiger charge is 2.20. The molecule has 0 saturated carbocycles. The third-order valence-corrected chi connectivity index (χ3v) is 2.97. The van der Waals surface area contributed by atoms with Gasteiger partial charge in [0, 0.05) is 37.9 Å². The third kappa shape index (κ3) is 2.61. The molecule has 0 radical (unpaired) electrons. The molecule has 1 aliphatic rings. The van der Waals surface area contributed by atoms with Crippen molar-refractivity contribution in [2.75, 3.05) is 38.2 Å². The second kappa shape index (κ2) is 4.95. The van der Waals surface area contributed by atoms with Gasteiger partial charge in [-0.25, -0.2) is 4.79 Å². The van der Waals surface area contributed by atoms with Gasteiger partial charge in [-0.05, 0) is 12.1 Å². The number of benzene rings is 1. The minimum atomic E-state index is -0.838. The van der Waals surface area contributed by atoms with Crippen LogP contribution < -0.4 is 9.64 Å². The second-order valence-corrected chi connectivity index (χ2v) is 3.96. The number of hydrogen-bond donors (Lipinski definition) is 1. The van der Waals surface area contributed by atoms with Crippen molar-refractivity contribution in [3.8, 4) is 5.75 Å². The normalized spacial score (nSPS) is 15.8. The van der Waals surface area contributed by atoms with Crippen LogP contribution in [-0.2, 0) is 0 Å². The summed E-state index contributed by atoms with van der Waals surface area (Å²) in [6.07, 6.45) is -0.838. The van der Waals surface area contributed by atoms with E-state index in [1.807, 2.05) is 24.3 Å². The van der Waals surface area contributed by atoms with Crippen LogP contribution in [0.1, 0.15) is 0 Å². The summed E-state index contributed by atoms with van der Waals surface area (Å²) in [4.78, 5) is 14.4. The first kappa shape index (κ1) is 11.6. The monoisotopic (exact) mass is 236 g/mol. The van der Waals surface area contributed by atoms with Gasteiger partial charge in [-0.2, -0.15) is 0 Å². The van der Waals surface area contributed by atoms with Gasteiger partial charge in [-0.1, -0.05) is 6.07 Å². The molecule has 0 unspecified atom stereocenters. The van der Waals surface area contributed by atoms with Gasteiger partial charge in [0.1, 0.15) is 5.75 Å². The Kier molecular flexibility index (Phi) is 3.37. The summed E-state index contributed by atoms with van der Waals surface area (Å²) in [5.74, 6) is 0.822. The van der Waals surface area contributed by atoms with Crippen LogP contribution >= 0.6 is 0 Å². The number of methoxy groups -OCH3 is 1. The van der Waals surface area contributed by atoms with Gasteiger partial charge in [0.2, 0.25) is 0 Å². The molecule has 0 aromatic heterocycles. The number of hydrogen-bond acceptors (Lipinski definition) is 3. The summed E-state index contributed by atoms with van der Waals surface area (Å²) in [5, 5.41) is 8.86. The fourth-order valence-corrected chi connectivity index (χ4v) is 1.96. The van der Waals surface area contributed by atoms with Crippen LogP contribution in [0, 0.1) is 0 Å². The Morgan fingerprint density at radius 1 is 1.29 bits per heavy atom. The lowest BCUT2D eigenvalue weighted by molar-refractivity contribution is 0.142. The van der Waals surface area contributed by atoms with Crippen LogP contribution in [0.3, 0.4) is 0 Å². The van der Waals surface area contributed by atoms with Gasteiger partial charge >= 0.3 is 6.09 Å². The zero-order chi connectivity index (χ0) is 12.3. The molecule has 92 valence electrons. The van der Waals surface area contributed by atoms with E-state index in [-0.39, 0.29) is 0 Å². The molecule has 0 atom stereocenters. The van der Waals surface area contributed by atoms with Gasteiger partial charge in [0.05, 0.1) is 7.11 Å². The summed E-state index contributed by atoms with van der Waals surface area (Å²) in [6.45, 7) is 2.54. The van der Waals surface area contributed by atoms with Crippen LogP contribution in [0.2, 0.25) is 0 Å². The molecule has 1 aromatic rings. The number of piperazine rings is 1. The van der Waals surface area contributed by atoms with E-state index in [2.05, 4.69) is 4.90 Å². The number of carboxylic acid groups (broad SMARTS) is 1. The highest BCUT2D eigenvalue weighted by molar-refractivity contribution is 5.65. The summed E-state index contributed by atoms with van der Waals surface area (Å²) in [6, 6.07) is 7.82. The highest BCUT2D eigenvalue weighted by atomic mass is 16.5. The van der Waals surface area contributed by atoms with Crippen molar-refractivity contribution in [2.45, 2.75) is 0 Å². The van der Waals surface area contributed by atoms with E-state index < -0.39 is 6.09 Å². The molecule has 1 saturated heterocycles. The average Bonchev–Trinajstić information content (AvgIpc) is 2.39. The van der Waals surface area contributed by atoms with E-state index >= 15 is 0 Å². The molecular weight excluding hydrogens is 220 g/mol. The smallest absolute Gasteiger partial charge is 0.407 e. The Labute approximate surface area is 100 Å². The quantitative estimate of drug-likeness (QED) is 0.845. The number of ether oxygens (including phenoxy) is 1. The second-order valence-electron chi connectivity index (χ2n) is 3.96. The lowest BCUT2D eigenvalue weighted by Gasteiger charge is -2.34. The van der Waals surface area contributed by atoms with Crippen molar-refractivity contribution in [2.24, 2.45) is 0 Å². The number of nitrogens with zero attached hydrogens (tertiary/aromatic N) is 2. The fourth-order valence-electron chi connectivity index (χ4n) is 1.96. The molecular formula is C12H16N2O3. The van der Waals surface area contributed by atoms with E-state index in [1.54, 1.807) is 7.11 Å². The lowest BCUT2D eigenvalue weighted by Crippen LogP contribution is -2.48. The van der Waals surface area contributed by atoms with Crippen LogP contribution in [0.5, 0.6) is 5.75 Å². The van der Waals surface area contributed by atoms with E-state index in [4.69, 9.17) is 9.84 Å². The number of carbonyl (C=O) groups is 1. The van der Waals surface area contributed by atoms with Crippen molar-refractivity contribution < 1.29 is 14.6 Å². The Bertz CT molecular complexity index is 400. The van der Waals surface area contributed by atoms with Crippen molar-refractivity contribution in [1.82, 2.24) is 4.90 Å². The minimum absolute atomic E-state index is 0.548. The third-order valence-electron chi connectivity index (χ3n) is 2.97. The lowest BCUT2D eigenvalue weighted by atomic mass is 10.2. The summed E-state index contributed by atoms with van der Waals surface area (Å²) < 4.78 is 5.17. The number of rotatable bonds is 2. The number of anilines is 1. The first-order valence-corrected chi connectivity index (χ1v) is 5.57. The standard InChI is InChI=1S/C12H16N2O3/c1-17-11-4-2-3-10(9-11)13-5-7-14(8-6-13)12(15)16/h2-4,9H,5-8H2,1H3,(H,15,16). The summed E-state index contributed by atoms with van der Waals surface area (Å²) in [5.41, 5.74) is 1.08. The largest absolute Gasteiger partial charge is 0.497 e. The molecule has 5 nitrogen and oxygen atoms in total. The fraction of sp³-hybridized carbons (Fsp3) is 0.417. The van der Waals surface area contributed by atoms with Crippen molar-refractivity contribution in [1.29, 1.82) is 0 Å². The van der Waals surface area contributed by atoms with Crippen molar-refractivity contribution in [3.63, 3.8) is 0 Å². The minimum Gasteiger partial charge on any atom is -0.497 e. The maximum absolute atomic E-state index is 10.8. The van der Waals surface area contributed by atoms with Crippen LogP contribution in [0.25, 0.3) is 0 Å². The van der Waals surface area contributed by atoms with E-state index in [9.17, 15) is 4.79 Å². The predicted molar refractivity (Wildman–Crippen MR) is 64.8 cm³/mol. The molecule has 0 aliphatic carbocycles. The van der Waals surface area contributed by atoms with Gasteiger partial charge in [-0.15, -0.1) is 0 Å². The molecule has 1 amide bonds. The zero-order valence-electron chi connectivity index (χ0n) is 9.80. The van der Waals surface area contributed by atoms with Crippen molar-refractivity contribution in [3.05, 3.63) is 24.3 Å². The van der Waals surface area contributed by atoms with Gasteiger partial charge < -0.3 is 19.6 Å². The summed E-state index contributed by atoms with van der Waals surface area (Å²) in [7, 11) is 1.64. The summed E-state index contributed by atoms with van der Waals surface area (Å²) >= 11 is 0. The molecule has 1 aromatic carbocycles. The first-order valence-electron chi connectivity index (χ1n) is 5.57. The van der Waals surface area contributed by atoms with Crippen LogP contribution in [0.15, 0.2) is 24.3 Å². The first-order chi connectivity index (χ1) is 8.20. The Balaban J connectivity index is 2.02. The molecule has 1 fully saturated rings. The van der Waals surface area contributed by atoms with E-state index in [1.165, 1.54) is 4.90 Å². The predicted octanol–water partition coefficient (Wildman–Crippen LogP) is 1.50. The maximum atomic E-state index is 10.8. The molecule has 5 heteroatoms. The van der Waals surface area contributed by atoms with Crippen LogP contribution in [-0.4, -0.2) is 49.4 Å². The SMILES string of the molecule is COc1cccc(N2CCN(C(=O)O)CC2)c1. The Morgan fingerprint density at radius 2 is 2.00 bits per heavy atom. The molecule has 1 heterocycles. The zero-order valence-corrected chi connectivity index (χ0v) is 9.80. The van der Waals surface area contributed by atoms with Crippen molar-refractivity contribution >= 4 is 11.8 Å². The molecule has 1 aliphatic heterocycles. The van der Waals surface area contributed by atoms with E-state index in [0.29, 0.717) is 13.1 Å². The molecule has 17 heavy (non-hydrogen) atoms. The van der Waals surface area contributed by atoms with Gasteiger partial charge in [0.25, 0.3) is 0 Å². The maximum Gasteiger partial charge on any atom is 0.407 e. The van der Waals surface area contributed by atoms with Gasteiger partial charge in [-0.3, -0.25) is 0 Å². The van der Waals surface area contributed by atoms with E-state index in [0.717, 1.165) is 24.5 Å². The average molecular weight is 236 g/mol. The molecule has 1 N–H and O–H groups in total. The number of amides is 1.